The SMILES string of the molecule is Cc1ccc2nc(N(CCCN3CCOCC3)C(=O)c3ccc(S(=O)(=O)N(C)CC4CCCO4)cc3)sc2c1. The van der Waals surface area contributed by atoms with Crippen molar-refractivity contribution < 1.29 is 22.7 Å². The van der Waals surface area contributed by atoms with Gasteiger partial charge in [0.15, 0.2) is 5.13 Å². The normalized spacial score (nSPS) is 18.7. The minimum absolute atomic E-state index is 0.0748. The zero-order valence-corrected chi connectivity index (χ0v) is 24.2. The van der Waals surface area contributed by atoms with Gasteiger partial charge in [0.2, 0.25) is 10.0 Å². The number of amides is 1. The molecule has 5 rings (SSSR count). The van der Waals surface area contributed by atoms with E-state index in [1.807, 2.05) is 19.1 Å². The molecule has 0 saturated carbocycles. The molecule has 2 saturated heterocycles. The smallest absolute Gasteiger partial charge is 0.260 e. The van der Waals surface area contributed by atoms with Gasteiger partial charge < -0.3 is 9.47 Å². The van der Waals surface area contributed by atoms with Crippen LogP contribution in [0.1, 0.15) is 35.2 Å². The average Bonchev–Trinajstić information content (AvgIpc) is 3.61. The fraction of sp³-hybridized carbons (Fsp3) is 0.500. The molecule has 1 unspecified atom stereocenters. The van der Waals surface area contributed by atoms with Crippen molar-refractivity contribution in [3.05, 3.63) is 53.6 Å². The number of carbonyl (C=O) groups excluding carboxylic acids is 1. The Kier molecular flexibility index (Phi) is 8.95. The third kappa shape index (κ3) is 6.67. The fourth-order valence-electron chi connectivity index (χ4n) is 4.97. The van der Waals surface area contributed by atoms with Crippen LogP contribution in [0.15, 0.2) is 47.4 Å². The van der Waals surface area contributed by atoms with Crippen LogP contribution in [0.3, 0.4) is 0 Å². The molecule has 2 aliphatic heterocycles. The third-order valence-corrected chi connectivity index (χ3v) is 10.1. The van der Waals surface area contributed by atoms with E-state index in [0.29, 0.717) is 30.4 Å². The number of nitrogens with zero attached hydrogens (tertiary/aromatic N) is 4. The topological polar surface area (TPSA) is 92.3 Å². The highest BCUT2D eigenvalue weighted by atomic mass is 32.2. The lowest BCUT2D eigenvalue weighted by Gasteiger charge is -2.27. The molecule has 3 aromatic rings. The predicted molar refractivity (Wildman–Crippen MR) is 153 cm³/mol. The Bertz CT molecular complexity index is 1380. The standard InChI is InChI=1S/C28H36N4O5S2/c1-21-6-11-25-26(19-21)38-28(29-25)32(13-4-12-31-14-17-36-18-15-31)27(33)22-7-9-24(10-8-22)39(34,35)30(2)20-23-5-3-16-37-23/h6-11,19,23H,3-5,12-18,20H2,1-2H3. The molecule has 39 heavy (non-hydrogen) atoms. The van der Waals surface area contributed by atoms with Crippen LogP contribution in [0.5, 0.6) is 0 Å². The molecule has 0 bridgehead atoms. The second kappa shape index (κ2) is 12.4. The Morgan fingerprint density at radius 2 is 1.90 bits per heavy atom. The molecular weight excluding hydrogens is 536 g/mol. The molecule has 9 nitrogen and oxygen atoms in total. The van der Waals surface area contributed by atoms with Gasteiger partial charge in [0.25, 0.3) is 5.91 Å². The van der Waals surface area contributed by atoms with Gasteiger partial charge in [-0.15, -0.1) is 0 Å². The number of hydrogen-bond donors (Lipinski definition) is 0. The number of thiazole rings is 1. The first-order valence-electron chi connectivity index (χ1n) is 13.5. The van der Waals surface area contributed by atoms with Crippen molar-refractivity contribution in [1.29, 1.82) is 0 Å². The lowest BCUT2D eigenvalue weighted by molar-refractivity contribution is 0.0376. The molecule has 2 aromatic carbocycles. The summed E-state index contributed by atoms with van der Waals surface area (Å²) >= 11 is 1.50. The van der Waals surface area contributed by atoms with Gasteiger partial charge in [-0.25, -0.2) is 13.4 Å². The number of rotatable bonds is 10. The van der Waals surface area contributed by atoms with E-state index in [2.05, 4.69) is 11.0 Å². The number of fused-ring (bicyclic) bond motifs is 1. The number of anilines is 1. The van der Waals surface area contributed by atoms with Gasteiger partial charge in [0.1, 0.15) is 0 Å². The maximum atomic E-state index is 13.8. The zero-order chi connectivity index (χ0) is 27.4. The molecule has 0 radical (unpaired) electrons. The van der Waals surface area contributed by atoms with E-state index in [0.717, 1.165) is 67.9 Å². The van der Waals surface area contributed by atoms with E-state index in [1.54, 1.807) is 24.1 Å². The molecule has 2 aliphatic rings. The monoisotopic (exact) mass is 572 g/mol. The van der Waals surface area contributed by atoms with Gasteiger partial charge in [-0.1, -0.05) is 17.4 Å². The second-order valence-corrected chi connectivity index (χ2v) is 13.2. The van der Waals surface area contributed by atoms with Crippen LogP contribution in [0.25, 0.3) is 10.2 Å². The van der Waals surface area contributed by atoms with Crippen molar-refractivity contribution in [3.8, 4) is 0 Å². The summed E-state index contributed by atoms with van der Waals surface area (Å²) in [5.41, 5.74) is 2.43. The quantitative estimate of drug-likeness (QED) is 0.365. The number of benzene rings is 2. The van der Waals surface area contributed by atoms with Crippen molar-refractivity contribution in [2.75, 3.05) is 64.5 Å². The molecule has 1 atom stereocenters. The molecule has 1 amide bonds. The first kappa shape index (κ1) is 28.1. The molecule has 3 heterocycles. The Balaban J connectivity index is 1.34. The van der Waals surface area contributed by atoms with E-state index in [-0.39, 0.29) is 16.9 Å². The summed E-state index contributed by atoms with van der Waals surface area (Å²) in [6.07, 6.45) is 2.53. The van der Waals surface area contributed by atoms with E-state index in [9.17, 15) is 13.2 Å². The predicted octanol–water partition coefficient (Wildman–Crippen LogP) is 3.77. The molecule has 11 heteroatoms. The third-order valence-electron chi connectivity index (χ3n) is 7.26. The number of hydrogen-bond acceptors (Lipinski definition) is 8. The van der Waals surface area contributed by atoms with E-state index in [1.165, 1.54) is 27.8 Å². The largest absolute Gasteiger partial charge is 0.379 e. The zero-order valence-electron chi connectivity index (χ0n) is 22.5. The van der Waals surface area contributed by atoms with Crippen LogP contribution in [0, 0.1) is 6.92 Å². The van der Waals surface area contributed by atoms with E-state index >= 15 is 0 Å². The minimum atomic E-state index is -3.69. The number of aryl methyl sites for hydroxylation is 1. The molecule has 0 aliphatic carbocycles. The Labute approximate surface area is 234 Å². The van der Waals surface area contributed by atoms with E-state index in [4.69, 9.17) is 14.5 Å². The van der Waals surface area contributed by atoms with Crippen LogP contribution >= 0.6 is 11.3 Å². The Hall–Kier alpha value is -2.41. The van der Waals surface area contributed by atoms with Gasteiger partial charge in [0.05, 0.1) is 34.4 Å². The summed E-state index contributed by atoms with van der Waals surface area (Å²) in [5, 5.41) is 0.649. The van der Waals surface area contributed by atoms with Crippen LogP contribution in [-0.2, 0) is 19.5 Å². The Morgan fingerprint density at radius 1 is 1.13 bits per heavy atom. The summed E-state index contributed by atoms with van der Waals surface area (Å²) in [7, 11) is -2.12. The van der Waals surface area contributed by atoms with Crippen molar-refractivity contribution in [1.82, 2.24) is 14.2 Å². The van der Waals surface area contributed by atoms with Crippen LogP contribution in [0.2, 0.25) is 0 Å². The van der Waals surface area contributed by atoms with Crippen LogP contribution in [0.4, 0.5) is 5.13 Å². The van der Waals surface area contributed by atoms with Crippen molar-refractivity contribution in [3.63, 3.8) is 0 Å². The summed E-state index contributed by atoms with van der Waals surface area (Å²) < 4.78 is 39.7. The summed E-state index contributed by atoms with van der Waals surface area (Å²) in [4.78, 5) is 22.8. The lowest BCUT2D eigenvalue weighted by Crippen LogP contribution is -2.39. The van der Waals surface area contributed by atoms with E-state index < -0.39 is 10.0 Å². The highest BCUT2D eigenvalue weighted by Gasteiger charge is 2.27. The fourth-order valence-corrected chi connectivity index (χ4v) is 7.27. The Morgan fingerprint density at radius 3 is 2.62 bits per heavy atom. The molecule has 0 spiro atoms. The van der Waals surface area contributed by atoms with Gasteiger partial charge in [-0.2, -0.15) is 4.31 Å². The van der Waals surface area contributed by atoms with Crippen LogP contribution in [-0.4, -0.2) is 94.2 Å². The first-order chi connectivity index (χ1) is 18.8. The van der Waals surface area contributed by atoms with Gasteiger partial charge in [-0.3, -0.25) is 14.6 Å². The second-order valence-electron chi connectivity index (χ2n) is 10.2. The maximum absolute atomic E-state index is 13.8. The number of sulfonamides is 1. The summed E-state index contributed by atoms with van der Waals surface area (Å²) in [6.45, 7) is 7.67. The van der Waals surface area contributed by atoms with Crippen LogP contribution < -0.4 is 4.90 Å². The van der Waals surface area contributed by atoms with Crippen molar-refractivity contribution >= 4 is 42.6 Å². The van der Waals surface area contributed by atoms with Crippen molar-refractivity contribution in [2.45, 2.75) is 37.2 Å². The molecule has 1 aromatic heterocycles. The average molecular weight is 573 g/mol. The lowest BCUT2D eigenvalue weighted by atomic mass is 10.2. The maximum Gasteiger partial charge on any atom is 0.260 e. The number of likely N-dealkylation sites (N-methyl/N-ethyl adjacent to an activating group) is 1. The number of carbonyl (C=O) groups is 1. The van der Waals surface area contributed by atoms with Gasteiger partial charge in [-0.05, 0) is 68.1 Å². The molecule has 0 N–H and O–H groups in total. The number of ether oxygens (including phenoxy) is 2. The molecule has 210 valence electrons. The number of aromatic nitrogens is 1. The summed E-state index contributed by atoms with van der Waals surface area (Å²) in [6, 6.07) is 12.3. The first-order valence-corrected chi connectivity index (χ1v) is 15.7. The summed E-state index contributed by atoms with van der Waals surface area (Å²) in [5.74, 6) is -0.190. The minimum Gasteiger partial charge on any atom is -0.379 e. The van der Waals surface area contributed by atoms with Gasteiger partial charge in [0, 0.05) is 51.9 Å². The van der Waals surface area contributed by atoms with Crippen molar-refractivity contribution in [2.24, 2.45) is 0 Å². The molecule has 2 fully saturated rings. The highest BCUT2D eigenvalue weighted by molar-refractivity contribution is 7.89. The van der Waals surface area contributed by atoms with Gasteiger partial charge >= 0.3 is 0 Å². The molecular formula is C28H36N4O5S2. The highest BCUT2D eigenvalue weighted by Crippen LogP contribution is 2.31. The number of morpholine rings is 1.